The smallest absolute Gasteiger partial charge is 0.320 e. The van der Waals surface area contributed by atoms with Crippen LogP contribution in [0.15, 0.2) is 30.3 Å². The Balaban J connectivity index is 2.61. The second-order valence-electron chi connectivity index (χ2n) is 4.82. The van der Waals surface area contributed by atoms with Gasteiger partial charge in [0.15, 0.2) is 0 Å². The molecular formula is C15H22N2O3. The standard InChI is InChI=1S/C15H22N2O3/c1-4-17(10-13-8-6-5-7-9-13)14(18)11-16(3)12(2)15(19)20/h5-9,12H,4,10-11H2,1-3H3,(H,19,20). The van der Waals surface area contributed by atoms with E-state index in [1.165, 1.54) is 0 Å². The maximum absolute atomic E-state index is 12.2. The quantitative estimate of drug-likeness (QED) is 0.820. The summed E-state index contributed by atoms with van der Waals surface area (Å²) in [7, 11) is 1.65. The molecule has 0 aliphatic carbocycles. The first-order chi connectivity index (χ1) is 9.45. The van der Waals surface area contributed by atoms with Gasteiger partial charge in [-0.3, -0.25) is 14.5 Å². The third-order valence-electron chi connectivity index (χ3n) is 3.35. The second kappa shape index (κ2) is 7.65. The van der Waals surface area contributed by atoms with Crippen LogP contribution in [-0.4, -0.2) is 53.0 Å². The van der Waals surface area contributed by atoms with E-state index in [-0.39, 0.29) is 12.5 Å². The lowest BCUT2D eigenvalue weighted by molar-refractivity contribution is -0.143. The van der Waals surface area contributed by atoms with Gasteiger partial charge >= 0.3 is 5.97 Å². The number of likely N-dealkylation sites (N-methyl/N-ethyl adjacent to an activating group) is 2. The molecule has 1 amide bonds. The number of hydrogen-bond donors (Lipinski definition) is 1. The van der Waals surface area contributed by atoms with Crippen LogP contribution in [0.25, 0.3) is 0 Å². The van der Waals surface area contributed by atoms with Gasteiger partial charge in [0.05, 0.1) is 6.54 Å². The van der Waals surface area contributed by atoms with Crippen molar-refractivity contribution in [2.45, 2.75) is 26.4 Å². The largest absolute Gasteiger partial charge is 0.480 e. The fourth-order valence-corrected chi connectivity index (χ4v) is 1.82. The van der Waals surface area contributed by atoms with E-state index in [0.717, 1.165) is 5.56 Å². The molecule has 1 aromatic rings. The zero-order chi connectivity index (χ0) is 15.1. The first-order valence-electron chi connectivity index (χ1n) is 6.70. The van der Waals surface area contributed by atoms with E-state index < -0.39 is 12.0 Å². The molecule has 0 fully saturated rings. The van der Waals surface area contributed by atoms with Crippen LogP contribution in [0.3, 0.4) is 0 Å². The molecule has 0 saturated heterocycles. The van der Waals surface area contributed by atoms with Crippen LogP contribution >= 0.6 is 0 Å². The summed E-state index contributed by atoms with van der Waals surface area (Å²) >= 11 is 0. The molecule has 1 aromatic carbocycles. The van der Waals surface area contributed by atoms with Gasteiger partial charge in [-0.05, 0) is 26.5 Å². The van der Waals surface area contributed by atoms with Crippen molar-refractivity contribution < 1.29 is 14.7 Å². The highest BCUT2D eigenvalue weighted by Gasteiger charge is 2.21. The lowest BCUT2D eigenvalue weighted by Gasteiger charge is -2.26. The van der Waals surface area contributed by atoms with Gasteiger partial charge in [-0.25, -0.2) is 0 Å². The van der Waals surface area contributed by atoms with Crippen LogP contribution in [0.4, 0.5) is 0 Å². The normalized spacial score (nSPS) is 12.2. The van der Waals surface area contributed by atoms with Crippen molar-refractivity contribution in [3.63, 3.8) is 0 Å². The zero-order valence-corrected chi connectivity index (χ0v) is 12.2. The molecule has 0 radical (unpaired) electrons. The van der Waals surface area contributed by atoms with Gasteiger partial charge in [0.25, 0.3) is 0 Å². The van der Waals surface area contributed by atoms with E-state index in [1.807, 2.05) is 37.3 Å². The van der Waals surface area contributed by atoms with Crippen LogP contribution in [0.5, 0.6) is 0 Å². The second-order valence-corrected chi connectivity index (χ2v) is 4.82. The number of carbonyl (C=O) groups excluding carboxylic acids is 1. The number of nitrogens with zero attached hydrogens (tertiary/aromatic N) is 2. The summed E-state index contributed by atoms with van der Waals surface area (Å²) in [6.45, 7) is 4.74. The average Bonchev–Trinajstić information content (AvgIpc) is 2.44. The van der Waals surface area contributed by atoms with Crippen molar-refractivity contribution in [1.82, 2.24) is 9.80 Å². The summed E-state index contributed by atoms with van der Waals surface area (Å²) in [5.41, 5.74) is 1.07. The Hall–Kier alpha value is -1.88. The number of carboxylic acid groups (broad SMARTS) is 1. The maximum atomic E-state index is 12.2. The van der Waals surface area contributed by atoms with E-state index in [1.54, 1.807) is 23.8 Å². The Morgan fingerprint density at radius 2 is 1.85 bits per heavy atom. The third kappa shape index (κ3) is 4.66. The molecule has 1 unspecified atom stereocenters. The third-order valence-corrected chi connectivity index (χ3v) is 3.35. The molecule has 110 valence electrons. The minimum atomic E-state index is -0.925. The SMILES string of the molecule is CCN(Cc1ccccc1)C(=O)CN(C)C(C)C(=O)O. The molecular weight excluding hydrogens is 256 g/mol. The Bertz CT molecular complexity index is 448. The number of carboxylic acids is 1. The molecule has 0 saturated carbocycles. The molecule has 0 aliphatic rings. The lowest BCUT2D eigenvalue weighted by Crippen LogP contribution is -2.44. The van der Waals surface area contributed by atoms with Crippen LogP contribution in [0, 0.1) is 0 Å². The van der Waals surface area contributed by atoms with Crippen LogP contribution in [-0.2, 0) is 16.1 Å². The first kappa shape index (κ1) is 16.2. The summed E-state index contributed by atoms with van der Waals surface area (Å²) < 4.78 is 0. The molecule has 1 rings (SSSR count). The number of aliphatic carboxylic acids is 1. The molecule has 5 nitrogen and oxygen atoms in total. The minimum absolute atomic E-state index is 0.0630. The van der Waals surface area contributed by atoms with Gasteiger partial charge in [0.2, 0.25) is 5.91 Å². The van der Waals surface area contributed by atoms with E-state index in [0.29, 0.717) is 13.1 Å². The van der Waals surface area contributed by atoms with E-state index in [4.69, 9.17) is 5.11 Å². The monoisotopic (exact) mass is 278 g/mol. The van der Waals surface area contributed by atoms with Gasteiger partial charge < -0.3 is 10.0 Å². The van der Waals surface area contributed by atoms with Crippen molar-refractivity contribution in [3.8, 4) is 0 Å². The summed E-state index contributed by atoms with van der Waals surface area (Å²) in [5, 5.41) is 8.93. The summed E-state index contributed by atoms with van der Waals surface area (Å²) in [6.07, 6.45) is 0. The number of hydrogen-bond acceptors (Lipinski definition) is 3. The maximum Gasteiger partial charge on any atom is 0.320 e. The van der Waals surface area contributed by atoms with Gasteiger partial charge in [-0.2, -0.15) is 0 Å². The fourth-order valence-electron chi connectivity index (χ4n) is 1.82. The highest BCUT2D eigenvalue weighted by molar-refractivity contribution is 5.79. The van der Waals surface area contributed by atoms with Crippen molar-refractivity contribution in [2.24, 2.45) is 0 Å². The number of benzene rings is 1. The molecule has 1 atom stereocenters. The molecule has 0 heterocycles. The van der Waals surface area contributed by atoms with Crippen molar-refractivity contribution >= 4 is 11.9 Å². The van der Waals surface area contributed by atoms with E-state index >= 15 is 0 Å². The van der Waals surface area contributed by atoms with Gasteiger partial charge in [0, 0.05) is 13.1 Å². The van der Waals surface area contributed by atoms with E-state index in [9.17, 15) is 9.59 Å². The molecule has 1 N–H and O–H groups in total. The molecule has 0 aliphatic heterocycles. The molecule has 5 heteroatoms. The number of amides is 1. The summed E-state index contributed by atoms with van der Waals surface area (Å²) in [4.78, 5) is 26.4. The fraction of sp³-hybridized carbons (Fsp3) is 0.467. The Morgan fingerprint density at radius 3 is 2.35 bits per heavy atom. The number of rotatable bonds is 7. The van der Waals surface area contributed by atoms with Crippen molar-refractivity contribution in [3.05, 3.63) is 35.9 Å². The highest BCUT2D eigenvalue weighted by Crippen LogP contribution is 2.06. The predicted molar refractivity (Wildman–Crippen MR) is 77.3 cm³/mol. The van der Waals surface area contributed by atoms with Gasteiger partial charge in [-0.15, -0.1) is 0 Å². The Labute approximate surface area is 119 Å². The van der Waals surface area contributed by atoms with Crippen LogP contribution < -0.4 is 0 Å². The van der Waals surface area contributed by atoms with Crippen LogP contribution in [0.1, 0.15) is 19.4 Å². The highest BCUT2D eigenvalue weighted by atomic mass is 16.4. The number of carbonyl (C=O) groups is 2. The van der Waals surface area contributed by atoms with Crippen molar-refractivity contribution in [2.75, 3.05) is 20.1 Å². The summed E-state index contributed by atoms with van der Waals surface area (Å²) in [5.74, 6) is -0.988. The average molecular weight is 278 g/mol. The zero-order valence-electron chi connectivity index (χ0n) is 12.2. The van der Waals surface area contributed by atoms with Crippen LogP contribution in [0.2, 0.25) is 0 Å². The molecule has 0 spiro atoms. The molecule has 20 heavy (non-hydrogen) atoms. The van der Waals surface area contributed by atoms with Gasteiger partial charge in [0.1, 0.15) is 6.04 Å². The summed E-state index contributed by atoms with van der Waals surface area (Å²) in [6, 6.07) is 9.08. The predicted octanol–water partition coefficient (Wildman–Crippen LogP) is 1.44. The van der Waals surface area contributed by atoms with Crippen molar-refractivity contribution in [1.29, 1.82) is 0 Å². The topological polar surface area (TPSA) is 60.9 Å². The molecule has 0 aromatic heterocycles. The first-order valence-corrected chi connectivity index (χ1v) is 6.70. The Kier molecular flexibility index (Phi) is 6.18. The molecule has 0 bridgehead atoms. The minimum Gasteiger partial charge on any atom is -0.480 e. The van der Waals surface area contributed by atoms with E-state index in [2.05, 4.69) is 0 Å². The lowest BCUT2D eigenvalue weighted by atomic mass is 10.2. The Morgan fingerprint density at radius 1 is 1.25 bits per heavy atom. The van der Waals surface area contributed by atoms with Gasteiger partial charge in [-0.1, -0.05) is 30.3 Å².